The summed E-state index contributed by atoms with van der Waals surface area (Å²) in [5.74, 6) is 5.40. The summed E-state index contributed by atoms with van der Waals surface area (Å²) in [7, 11) is 12.3. The zero-order chi connectivity index (χ0) is 69.9. The fourth-order valence-electron chi connectivity index (χ4n) is 7.91. The summed E-state index contributed by atoms with van der Waals surface area (Å²) in [5.41, 5.74) is -0.114. The Morgan fingerprint density at radius 1 is 0.333 bits per heavy atom. The third-order valence-electron chi connectivity index (χ3n) is 11.6. The summed E-state index contributed by atoms with van der Waals surface area (Å²) in [6, 6.07) is 1.61. The van der Waals surface area contributed by atoms with Gasteiger partial charge >= 0.3 is 0 Å². The average Bonchev–Trinajstić information content (AvgIpc) is 3.29. The fraction of sp³-hybridized carbons (Fsp3) is 0.913. The second-order valence-electron chi connectivity index (χ2n) is 29.5. The van der Waals surface area contributed by atoms with Crippen LogP contribution in [-0.4, -0.2) is 249 Å². The number of hydrogen-bond acceptors (Lipinski definition) is 12. The van der Waals surface area contributed by atoms with Crippen LogP contribution in [0.1, 0.15) is 235 Å². The minimum absolute atomic E-state index is 0. The molecule has 0 aliphatic heterocycles. The van der Waals surface area contributed by atoms with Gasteiger partial charge in [-0.05, 0) is 222 Å². The molecule has 0 aromatic heterocycles. The van der Waals surface area contributed by atoms with Crippen molar-refractivity contribution in [2.45, 2.75) is 293 Å². The number of rotatable bonds is 23. The van der Waals surface area contributed by atoms with Crippen LogP contribution in [0.25, 0.3) is 31.9 Å². The summed E-state index contributed by atoms with van der Waals surface area (Å²) in [6.45, 7) is 83.8. The van der Waals surface area contributed by atoms with Gasteiger partial charge in [0.15, 0.2) is 0 Å². The third kappa shape index (κ3) is 98.1. The van der Waals surface area contributed by atoms with Gasteiger partial charge in [-0.2, -0.15) is 0 Å². The molecule has 0 saturated heterocycles. The van der Waals surface area contributed by atoms with Crippen LogP contribution < -0.4 is 0 Å². The SMILES string of the molecule is CC(=NC(C)(C)C)[N-]C(C)CN(C)C.CC(=NC(C)(C)C)[N-]CC(C)N(C)C.CC(=NC(C)(C)C)[N-]CCN(C)C.CCN(CC)C(C)C[N-]C(C)=NC(C)(C)C.CCN(CC)CC(C)[N-]C(C)=NC(C)(C)C.CCN(CC)C[N-]C(C)=NC(C)(C)C.[Co].[Co].[Co].[Co].[Co].[Co]. The van der Waals surface area contributed by atoms with Gasteiger partial charge < -0.3 is 91.3 Å². The molecule has 6 radical (unpaired) electrons. The minimum Gasteiger partial charge on any atom is -0.468 e. The van der Waals surface area contributed by atoms with Gasteiger partial charge in [0, 0.05) is 119 Å². The first-order valence-corrected chi connectivity index (χ1v) is 32.9. The van der Waals surface area contributed by atoms with Crippen LogP contribution in [0, 0.1) is 0 Å². The number of amidine groups is 6. The predicted octanol–water partition coefficient (Wildman–Crippen LogP) is 16.7. The molecule has 0 amide bonds. The Kier molecular flexibility index (Phi) is 82.0. The van der Waals surface area contributed by atoms with Gasteiger partial charge in [0.1, 0.15) is 0 Å². The van der Waals surface area contributed by atoms with Crippen molar-refractivity contribution < 1.29 is 101 Å². The van der Waals surface area contributed by atoms with E-state index in [-0.39, 0.29) is 134 Å². The van der Waals surface area contributed by atoms with Gasteiger partial charge in [-0.15, -0.1) is 0 Å². The molecule has 0 aromatic carbocycles. The van der Waals surface area contributed by atoms with Gasteiger partial charge in [0.2, 0.25) is 0 Å². The van der Waals surface area contributed by atoms with E-state index < -0.39 is 0 Å². The van der Waals surface area contributed by atoms with E-state index in [2.05, 4.69) is 313 Å². The molecule has 0 aliphatic rings. The van der Waals surface area contributed by atoms with E-state index >= 15 is 0 Å². The smallest absolute Gasteiger partial charge is 0.00597 e. The molecule has 93 heavy (non-hydrogen) atoms. The second kappa shape index (κ2) is 63.8. The first kappa shape index (κ1) is 120. The van der Waals surface area contributed by atoms with Crippen molar-refractivity contribution in [2.24, 2.45) is 30.0 Å². The molecule has 4 atom stereocenters. The fourth-order valence-corrected chi connectivity index (χ4v) is 7.91. The molecule has 0 heterocycles. The van der Waals surface area contributed by atoms with E-state index in [1.807, 2.05) is 55.6 Å². The Bertz CT molecular complexity index is 1830. The van der Waals surface area contributed by atoms with E-state index in [4.69, 9.17) is 0 Å². The minimum atomic E-state index is -0.0253. The van der Waals surface area contributed by atoms with Crippen molar-refractivity contribution in [1.82, 2.24) is 29.4 Å². The second-order valence-corrected chi connectivity index (χ2v) is 29.5. The molecule has 0 N–H and O–H groups in total. The Balaban J connectivity index is -0.0000000837. The molecule has 0 bridgehead atoms. The number of nitrogens with zero attached hydrogens (tertiary/aromatic N) is 18. The van der Waals surface area contributed by atoms with E-state index in [1.165, 1.54) is 0 Å². The van der Waals surface area contributed by atoms with Crippen LogP contribution in [-0.2, 0) is 101 Å². The Labute approximate surface area is 642 Å². The maximum absolute atomic E-state index is 4.61. The van der Waals surface area contributed by atoms with Crippen LogP contribution in [0.5, 0.6) is 0 Å². The molecule has 24 heteroatoms. The van der Waals surface area contributed by atoms with Crippen molar-refractivity contribution in [1.29, 1.82) is 0 Å². The Morgan fingerprint density at radius 3 is 0.860 bits per heavy atom. The molecule has 576 valence electrons. The maximum atomic E-state index is 4.61. The zero-order valence-corrected chi connectivity index (χ0v) is 73.8. The number of likely N-dealkylation sites (N-methyl/N-ethyl adjacent to an activating group) is 5. The molecule has 0 aliphatic carbocycles. The van der Waals surface area contributed by atoms with Crippen LogP contribution in [0.4, 0.5) is 0 Å². The summed E-state index contributed by atoms with van der Waals surface area (Å²) in [6.07, 6.45) is 0. The molecular weight excluding hydrogens is 1430 g/mol. The molecule has 18 nitrogen and oxygen atoms in total. The van der Waals surface area contributed by atoms with Crippen molar-refractivity contribution in [3.05, 3.63) is 31.9 Å². The number of hydrogen-bond donors (Lipinski definition) is 0. The molecule has 0 spiro atoms. The van der Waals surface area contributed by atoms with Gasteiger partial charge in [0.05, 0.1) is 0 Å². The largest absolute Gasteiger partial charge is 0.468 e. The van der Waals surface area contributed by atoms with E-state index in [0.717, 1.165) is 120 Å². The van der Waals surface area contributed by atoms with Crippen LogP contribution in [0.2, 0.25) is 0 Å². The molecule has 0 saturated carbocycles. The first-order valence-electron chi connectivity index (χ1n) is 32.9. The molecule has 0 rings (SSSR count). The standard InChI is InChI=1S/2C13H28N3.3C11H24N3.C10H22N3.6Co/c1-8-16(9-2)10-11(3)14-12(4)15-13(5,6)7;1-8-16(9-2)11(3)10-14-12(4)15-13(5,6)7;1-9(8-14(6)7)12-10(2)13-11(3,4)5;1-9(14(6)7)8-12-10(2)13-11(3,4)5;1-7-14(8-2)9-12-10(3)13-11(4,5)6;1-9(12-10(2,3)4)11-7-8-13(5)6;;;;;;/h2*11H,8-10H2,1-7H3;2*9H,8H2,1-7H3;7-9H2,1-6H3;7-8H2,1-6H3;;;;;;/q6*-1;;;;;;. The van der Waals surface area contributed by atoms with Crippen LogP contribution in [0.3, 0.4) is 0 Å². The van der Waals surface area contributed by atoms with Crippen molar-refractivity contribution >= 4 is 35.0 Å². The van der Waals surface area contributed by atoms with Gasteiger partial charge in [-0.3, -0.25) is 0 Å². The molecular formula is C69H150Co6N18-6. The van der Waals surface area contributed by atoms with Crippen LogP contribution in [0.15, 0.2) is 30.0 Å². The predicted molar refractivity (Wildman–Crippen MR) is 399 cm³/mol. The van der Waals surface area contributed by atoms with E-state index in [0.29, 0.717) is 24.2 Å². The summed E-state index contributed by atoms with van der Waals surface area (Å²) >= 11 is 0. The molecule has 4 unspecified atom stereocenters. The Hall–Kier alpha value is -0.381. The van der Waals surface area contributed by atoms with Crippen molar-refractivity contribution in [3.8, 4) is 0 Å². The quantitative estimate of drug-likeness (QED) is 0.0726. The summed E-state index contributed by atoms with van der Waals surface area (Å²) < 4.78 is 0. The van der Waals surface area contributed by atoms with Crippen LogP contribution >= 0.6 is 0 Å². The topological polar surface area (TPSA) is 178 Å². The first-order chi connectivity index (χ1) is 39.2. The normalized spacial score (nSPS) is 14.0. The van der Waals surface area contributed by atoms with Crippen molar-refractivity contribution in [2.75, 3.05) is 127 Å². The average molecular weight is 1590 g/mol. The van der Waals surface area contributed by atoms with E-state index in [1.54, 1.807) is 0 Å². The van der Waals surface area contributed by atoms with Gasteiger partial charge in [0.25, 0.3) is 0 Å². The van der Waals surface area contributed by atoms with Crippen molar-refractivity contribution in [3.63, 3.8) is 0 Å². The van der Waals surface area contributed by atoms with Gasteiger partial charge in [-0.1, -0.05) is 215 Å². The third-order valence-corrected chi connectivity index (χ3v) is 11.6. The molecule has 0 aromatic rings. The summed E-state index contributed by atoms with van der Waals surface area (Å²) in [5, 5.41) is 26.9. The monoisotopic (exact) mass is 1580 g/mol. The summed E-state index contributed by atoms with van der Waals surface area (Å²) in [4.78, 5) is 40.4. The maximum Gasteiger partial charge on any atom is 0.00597 e. The zero-order valence-electron chi connectivity index (χ0n) is 67.6. The Morgan fingerprint density at radius 2 is 0.602 bits per heavy atom. The van der Waals surface area contributed by atoms with E-state index in [9.17, 15) is 0 Å². The van der Waals surface area contributed by atoms with Gasteiger partial charge in [-0.25, -0.2) is 0 Å². The number of aliphatic imine (C=N–C) groups is 6. The molecule has 0 fully saturated rings.